The first-order valence-corrected chi connectivity index (χ1v) is 7.42. The van der Waals surface area contributed by atoms with Gasteiger partial charge in [0, 0.05) is 18.7 Å². The molecule has 21 heavy (non-hydrogen) atoms. The molecule has 0 unspecified atom stereocenters. The molecule has 2 aromatic rings. The highest BCUT2D eigenvalue weighted by Crippen LogP contribution is 2.23. The summed E-state index contributed by atoms with van der Waals surface area (Å²) in [5.74, 6) is 0.785. The Morgan fingerprint density at radius 3 is 2.57 bits per heavy atom. The van der Waals surface area contributed by atoms with Crippen LogP contribution in [0.5, 0.6) is 5.75 Å². The number of ether oxygens (including phenoxy) is 1. The van der Waals surface area contributed by atoms with E-state index in [1.54, 1.807) is 6.07 Å². The first-order chi connectivity index (χ1) is 10.2. The summed E-state index contributed by atoms with van der Waals surface area (Å²) in [6.07, 6.45) is 0. The van der Waals surface area contributed by atoms with Crippen LogP contribution in [-0.4, -0.2) is 18.3 Å². The number of nitrogens with one attached hydrogen (secondary N) is 1. The standard InChI is InChI=1S/C16H17Cl2NO2/c17-14-6-5-12(9-15(14)18)10-19-11-13-3-1-2-4-16(13)21-8-7-20/h1-6,9,19-20H,7-8,10-11H2. The molecule has 0 saturated heterocycles. The maximum Gasteiger partial charge on any atom is 0.123 e. The molecule has 2 aromatic carbocycles. The van der Waals surface area contributed by atoms with Gasteiger partial charge < -0.3 is 15.2 Å². The normalized spacial score (nSPS) is 10.6. The Labute approximate surface area is 134 Å². The van der Waals surface area contributed by atoms with Crippen LogP contribution in [0.25, 0.3) is 0 Å². The highest BCUT2D eigenvalue weighted by atomic mass is 35.5. The van der Waals surface area contributed by atoms with Gasteiger partial charge in [0.15, 0.2) is 0 Å². The van der Waals surface area contributed by atoms with E-state index in [9.17, 15) is 0 Å². The van der Waals surface area contributed by atoms with Crippen LogP contribution in [0.3, 0.4) is 0 Å². The van der Waals surface area contributed by atoms with Crippen molar-refractivity contribution in [3.63, 3.8) is 0 Å². The monoisotopic (exact) mass is 325 g/mol. The third-order valence-electron chi connectivity index (χ3n) is 2.95. The molecular weight excluding hydrogens is 309 g/mol. The summed E-state index contributed by atoms with van der Waals surface area (Å²) in [5.41, 5.74) is 2.11. The van der Waals surface area contributed by atoms with Gasteiger partial charge in [0.1, 0.15) is 12.4 Å². The maximum absolute atomic E-state index is 8.83. The molecule has 0 aliphatic carbocycles. The number of benzene rings is 2. The highest BCUT2D eigenvalue weighted by Gasteiger charge is 2.03. The van der Waals surface area contributed by atoms with Gasteiger partial charge in [-0.25, -0.2) is 0 Å². The predicted octanol–water partition coefficient (Wildman–Crippen LogP) is 3.65. The fourth-order valence-electron chi connectivity index (χ4n) is 1.94. The second-order valence-corrected chi connectivity index (χ2v) is 5.35. The number of para-hydroxylation sites is 1. The number of rotatable bonds is 7. The van der Waals surface area contributed by atoms with E-state index in [-0.39, 0.29) is 6.61 Å². The van der Waals surface area contributed by atoms with E-state index in [4.69, 9.17) is 33.0 Å². The summed E-state index contributed by atoms with van der Waals surface area (Å²) >= 11 is 11.9. The molecule has 0 aromatic heterocycles. The third-order valence-corrected chi connectivity index (χ3v) is 3.69. The molecule has 0 aliphatic heterocycles. The molecule has 5 heteroatoms. The minimum absolute atomic E-state index is 0.00500. The molecule has 0 aliphatic rings. The molecule has 0 spiro atoms. The van der Waals surface area contributed by atoms with Gasteiger partial charge in [-0.2, -0.15) is 0 Å². The van der Waals surface area contributed by atoms with Crippen molar-refractivity contribution in [2.75, 3.05) is 13.2 Å². The van der Waals surface area contributed by atoms with Gasteiger partial charge in [0.2, 0.25) is 0 Å². The lowest BCUT2D eigenvalue weighted by atomic mass is 10.2. The van der Waals surface area contributed by atoms with Gasteiger partial charge in [0.25, 0.3) is 0 Å². The zero-order valence-electron chi connectivity index (χ0n) is 11.5. The Kier molecular flexibility index (Phi) is 6.33. The average molecular weight is 326 g/mol. The van der Waals surface area contributed by atoms with Crippen molar-refractivity contribution < 1.29 is 9.84 Å². The van der Waals surface area contributed by atoms with Crippen molar-refractivity contribution in [2.24, 2.45) is 0 Å². The van der Waals surface area contributed by atoms with Crippen molar-refractivity contribution in [1.29, 1.82) is 0 Å². The Hall–Kier alpha value is -1.26. The molecule has 2 rings (SSSR count). The van der Waals surface area contributed by atoms with Crippen LogP contribution in [0.15, 0.2) is 42.5 Å². The van der Waals surface area contributed by atoms with E-state index in [2.05, 4.69) is 5.32 Å². The molecule has 112 valence electrons. The van der Waals surface area contributed by atoms with Crippen LogP contribution in [-0.2, 0) is 13.1 Å². The van der Waals surface area contributed by atoms with E-state index in [0.717, 1.165) is 16.9 Å². The Balaban J connectivity index is 1.92. The number of hydrogen-bond acceptors (Lipinski definition) is 3. The van der Waals surface area contributed by atoms with Crippen LogP contribution >= 0.6 is 23.2 Å². The summed E-state index contributed by atoms with van der Waals surface area (Å²) < 4.78 is 5.50. The van der Waals surface area contributed by atoms with Crippen LogP contribution in [0.4, 0.5) is 0 Å². The van der Waals surface area contributed by atoms with Crippen molar-refractivity contribution in [3.8, 4) is 5.75 Å². The second-order valence-electron chi connectivity index (χ2n) is 4.53. The van der Waals surface area contributed by atoms with Crippen molar-refractivity contribution in [1.82, 2.24) is 5.32 Å². The molecular formula is C16H17Cl2NO2. The Morgan fingerprint density at radius 2 is 1.81 bits per heavy atom. The fraction of sp³-hybridized carbons (Fsp3) is 0.250. The minimum Gasteiger partial charge on any atom is -0.491 e. The minimum atomic E-state index is 0.00500. The largest absolute Gasteiger partial charge is 0.491 e. The summed E-state index contributed by atoms with van der Waals surface area (Å²) in [5, 5.41) is 13.3. The summed E-state index contributed by atoms with van der Waals surface area (Å²) in [6.45, 7) is 1.65. The first-order valence-electron chi connectivity index (χ1n) is 6.67. The number of aliphatic hydroxyl groups is 1. The van der Waals surface area contributed by atoms with Crippen LogP contribution in [0.2, 0.25) is 10.0 Å². The van der Waals surface area contributed by atoms with Crippen LogP contribution in [0.1, 0.15) is 11.1 Å². The quantitative estimate of drug-likeness (QED) is 0.816. The van der Waals surface area contributed by atoms with Gasteiger partial charge >= 0.3 is 0 Å². The lowest BCUT2D eigenvalue weighted by molar-refractivity contribution is 0.200. The molecule has 0 amide bonds. The number of halogens is 2. The SMILES string of the molecule is OCCOc1ccccc1CNCc1ccc(Cl)c(Cl)c1. The van der Waals surface area contributed by atoms with Crippen molar-refractivity contribution in [3.05, 3.63) is 63.6 Å². The third kappa shape index (κ3) is 4.90. The second kappa shape index (κ2) is 8.25. The number of hydrogen-bond donors (Lipinski definition) is 2. The molecule has 0 fully saturated rings. The Morgan fingerprint density at radius 1 is 1.00 bits per heavy atom. The zero-order valence-corrected chi connectivity index (χ0v) is 13.0. The Bertz CT molecular complexity index is 590. The van der Waals surface area contributed by atoms with Crippen molar-refractivity contribution in [2.45, 2.75) is 13.1 Å². The van der Waals surface area contributed by atoms with Gasteiger partial charge in [-0.3, -0.25) is 0 Å². The molecule has 0 radical (unpaired) electrons. The molecule has 0 heterocycles. The molecule has 0 bridgehead atoms. The van der Waals surface area contributed by atoms with Crippen molar-refractivity contribution >= 4 is 23.2 Å². The zero-order chi connectivity index (χ0) is 15.1. The lowest BCUT2D eigenvalue weighted by Gasteiger charge is -2.11. The van der Waals surface area contributed by atoms with Crippen LogP contribution in [0, 0.1) is 0 Å². The van der Waals surface area contributed by atoms with Gasteiger partial charge in [-0.05, 0) is 23.8 Å². The topological polar surface area (TPSA) is 41.5 Å². The van der Waals surface area contributed by atoms with E-state index in [1.807, 2.05) is 36.4 Å². The fourth-order valence-corrected chi connectivity index (χ4v) is 2.26. The van der Waals surface area contributed by atoms with E-state index in [0.29, 0.717) is 29.7 Å². The average Bonchev–Trinajstić information content (AvgIpc) is 2.50. The smallest absolute Gasteiger partial charge is 0.123 e. The van der Waals surface area contributed by atoms with E-state index in [1.165, 1.54) is 0 Å². The van der Waals surface area contributed by atoms with E-state index < -0.39 is 0 Å². The van der Waals surface area contributed by atoms with Gasteiger partial charge in [-0.15, -0.1) is 0 Å². The molecule has 0 atom stereocenters. The van der Waals surface area contributed by atoms with Crippen LogP contribution < -0.4 is 10.1 Å². The maximum atomic E-state index is 8.83. The van der Waals surface area contributed by atoms with E-state index >= 15 is 0 Å². The number of aliphatic hydroxyl groups excluding tert-OH is 1. The van der Waals surface area contributed by atoms with Gasteiger partial charge in [0.05, 0.1) is 16.7 Å². The first kappa shape index (κ1) is 16.1. The summed E-state index contributed by atoms with van der Waals surface area (Å²) in [7, 11) is 0. The summed E-state index contributed by atoms with van der Waals surface area (Å²) in [4.78, 5) is 0. The lowest BCUT2D eigenvalue weighted by Crippen LogP contribution is -2.14. The summed E-state index contributed by atoms with van der Waals surface area (Å²) in [6, 6.07) is 13.3. The van der Waals surface area contributed by atoms with Gasteiger partial charge in [-0.1, -0.05) is 47.5 Å². The highest BCUT2D eigenvalue weighted by molar-refractivity contribution is 6.42. The molecule has 2 N–H and O–H groups in total. The predicted molar refractivity (Wildman–Crippen MR) is 86.0 cm³/mol. The molecule has 0 saturated carbocycles. The molecule has 3 nitrogen and oxygen atoms in total.